The van der Waals surface area contributed by atoms with Crippen LogP contribution in [0.2, 0.25) is 0 Å². The minimum atomic E-state index is -0.971. The Balaban J connectivity index is 1.43. The summed E-state index contributed by atoms with van der Waals surface area (Å²) < 4.78 is 5.67. The third kappa shape index (κ3) is 4.60. The van der Waals surface area contributed by atoms with Crippen molar-refractivity contribution in [3.8, 4) is 11.8 Å². The highest BCUT2D eigenvalue weighted by Crippen LogP contribution is 2.66. The average molecular weight is 528 g/mol. The quantitative estimate of drug-likeness (QED) is 0.441. The fourth-order valence-electron chi connectivity index (χ4n) is 8.47. The van der Waals surface area contributed by atoms with Gasteiger partial charge in [-0.15, -0.1) is 0 Å². The average Bonchev–Trinajstić information content (AvgIpc) is 3.17. The summed E-state index contributed by atoms with van der Waals surface area (Å²) in [6, 6.07) is 9.61. The Morgan fingerprint density at radius 1 is 1.10 bits per heavy atom. The molecular formula is C35H45NO3. The number of ether oxygens (including phenoxy) is 1. The molecule has 6 rings (SSSR count). The van der Waals surface area contributed by atoms with Gasteiger partial charge in [0.05, 0.1) is 13.2 Å². The summed E-state index contributed by atoms with van der Waals surface area (Å²) in [4.78, 5) is 14.8. The van der Waals surface area contributed by atoms with Gasteiger partial charge < -0.3 is 14.7 Å². The SMILES string of the molecule is C[C@@H]1COCCN1c1ccc([C@H]2C[C@@]3(C)[C@@H](CC[C@@]3(O)C#CC(C)(C)C)[C@@H]3CCC4=CC(=O)CCC4=C32)cc1. The van der Waals surface area contributed by atoms with E-state index in [0.717, 1.165) is 58.3 Å². The van der Waals surface area contributed by atoms with Gasteiger partial charge in [0.2, 0.25) is 0 Å². The molecule has 4 heteroatoms. The van der Waals surface area contributed by atoms with Crippen LogP contribution in [0.3, 0.4) is 0 Å². The minimum absolute atomic E-state index is 0.142. The molecule has 1 aromatic carbocycles. The summed E-state index contributed by atoms with van der Waals surface area (Å²) in [6.07, 6.45) is 8.15. The third-order valence-corrected chi connectivity index (χ3v) is 10.5. The monoisotopic (exact) mass is 527 g/mol. The van der Waals surface area contributed by atoms with E-state index in [1.165, 1.54) is 22.4 Å². The van der Waals surface area contributed by atoms with E-state index in [9.17, 15) is 9.90 Å². The Morgan fingerprint density at radius 2 is 1.87 bits per heavy atom. The number of hydrogen-bond acceptors (Lipinski definition) is 4. The van der Waals surface area contributed by atoms with Crippen LogP contribution in [0.1, 0.15) is 91.0 Å². The molecule has 0 radical (unpaired) electrons. The lowest BCUT2D eigenvalue weighted by atomic mass is 9.51. The standard InChI is InChI=1S/C35H45NO3/c1-23-22-39-19-18-36(23)26-9-6-24(7-10-26)30-21-34(5)31(14-15-35(34,38)17-16-33(2,3)4)29-12-8-25-20-27(37)11-13-28(25)32(29)30/h6-7,9-10,20,23,29-31,38H,8,11-15,18-19,21-22H2,1-5H3/t23-,29+,30-,31+,34+,35-/m1/s1. The topological polar surface area (TPSA) is 49.8 Å². The van der Waals surface area contributed by atoms with Crippen LogP contribution in [0.4, 0.5) is 5.69 Å². The number of hydrogen-bond donors (Lipinski definition) is 1. The number of rotatable bonds is 2. The van der Waals surface area contributed by atoms with Gasteiger partial charge in [-0.3, -0.25) is 4.79 Å². The third-order valence-electron chi connectivity index (χ3n) is 10.5. The van der Waals surface area contributed by atoms with Crippen LogP contribution in [-0.2, 0) is 9.53 Å². The molecule has 208 valence electrons. The predicted molar refractivity (Wildman–Crippen MR) is 157 cm³/mol. The number of nitrogens with zero attached hydrogens (tertiary/aromatic N) is 1. The van der Waals surface area contributed by atoms with Crippen LogP contribution in [0.25, 0.3) is 0 Å². The smallest absolute Gasteiger partial charge is 0.156 e. The number of carbonyl (C=O) groups is 1. The summed E-state index contributed by atoms with van der Waals surface area (Å²) in [7, 11) is 0. The van der Waals surface area contributed by atoms with Gasteiger partial charge in [0.15, 0.2) is 5.78 Å². The fourth-order valence-corrected chi connectivity index (χ4v) is 8.47. The first-order chi connectivity index (χ1) is 18.5. The molecule has 1 saturated heterocycles. The molecule has 1 aliphatic heterocycles. The zero-order valence-electron chi connectivity index (χ0n) is 24.5. The molecular weight excluding hydrogens is 482 g/mol. The summed E-state index contributed by atoms with van der Waals surface area (Å²) in [5.74, 6) is 8.23. The van der Waals surface area contributed by atoms with Crippen molar-refractivity contribution >= 4 is 11.5 Å². The summed E-state index contributed by atoms with van der Waals surface area (Å²) >= 11 is 0. The molecule has 0 aromatic heterocycles. The van der Waals surface area contributed by atoms with Crippen LogP contribution in [0.15, 0.2) is 47.1 Å². The molecule has 1 aromatic rings. The molecule has 6 atom stereocenters. The molecule has 0 unspecified atom stereocenters. The highest BCUT2D eigenvalue weighted by Gasteiger charge is 2.62. The molecule has 5 aliphatic rings. The number of allylic oxidation sites excluding steroid dienone is 4. The van der Waals surface area contributed by atoms with Crippen molar-refractivity contribution in [3.63, 3.8) is 0 Å². The van der Waals surface area contributed by atoms with Gasteiger partial charge in [0.1, 0.15) is 5.60 Å². The van der Waals surface area contributed by atoms with Crippen molar-refractivity contribution in [1.82, 2.24) is 0 Å². The number of morpholine rings is 1. The fraction of sp³-hybridized carbons (Fsp3) is 0.629. The predicted octanol–water partition coefficient (Wildman–Crippen LogP) is 6.59. The van der Waals surface area contributed by atoms with Crippen LogP contribution >= 0.6 is 0 Å². The number of fused-ring (bicyclic) bond motifs is 4. The normalized spacial score (nSPS) is 36.4. The van der Waals surface area contributed by atoms with Crippen LogP contribution in [-0.4, -0.2) is 42.3 Å². The van der Waals surface area contributed by atoms with Gasteiger partial charge in [-0.2, -0.15) is 0 Å². The van der Waals surface area contributed by atoms with E-state index in [1.54, 1.807) is 5.57 Å². The molecule has 4 nitrogen and oxygen atoms in total. The minimum Gasteiger partial charge on any atom is -0.377 e. The second kappa shape index (κ2) is 9.64. The Kier molecular flexibility index (Phi) is 6.63. The molecule has 39 heavy (non-hydrogen) atoms. The summed E-state index contributed by atoms with van der Waals surface area (Å²) in [5, 5.41) is 12.2. The van der Waals surface area contributed by atoms with Gasteiger partial charge in [0, 0.05) is 41.4 Å². The Labute approximate surface area is 234 Å². The van der Waals surface area contributed by atoms with Gasteiger partial charge >= 0.3 is 0 Å². The first-order valence-corrected chi connectivity index (χ1v) is 15.2. The van der Waals surface area contributed by atoms with Gasteiger partial charge in [-0.05, 0) is 113 Å². The highest BCUT2D eigenvalue weighted by molar-refractivity contribution is 5.93. The molecule has 1 N–H and O–H groups in total. The van der Waals surface area contributed by atoms with E-state index in [1.807, 2.05) is 6.08 Å². The number of anilines is 1. The molecule has 2 saturated carbocycles. The lowest BCUT2D eigenvalue weighted by molar-refractivity contribution is -0.114. The van der Waals surface area contributed by atoms with Crippen LogP contribution < -0.4 is 4.90 Å². The Hall–Kier alpha value is -2.35. The van der Waals surface area contributed by atoms with Crippen molar-refractivity contribution in [2.45, 2.75) is 97.1 Å². The van der Waals surface area contributed by atoms with E-state index < -0.39 is 5.60 Å². The Bertz CT molecular complexity index is 1270. The molecule has 0 amide bonds. The van der Waals surface area contributed by atoms with E-state index >= 15 is 0 Å². The maximum Gasteiger partial charge on any atom is 0.156 e. The first-order valence-electron chi connectivity index (χ1n) is 15.2. The molecule has 1 heterocycles. The second-order valence-corrected chi connectivity index (χ2v) is 14.1. The largest absolute Gasteiger partial charge is 0.377 e. The second-order valence-electron chi connectivity index (χ2n) is 14.1. The molecule has 4 aliphatic carbocycles. The van der Waals surface area contributed by atoms with E-state index in [4.69, 9.17) is 4.74 Å². The zero-order valence-corrected chi connectivity index (χ0v) is 24.5. The van der Waals surface area contributed by atoms with Crippen molar-refractivity contribution in [3.05, 3.63) is 52.6 Å². The van der Waals surface area contributed by atoms with Crippen LogP contribution in [0.5, 0.6) is 0 Å². The lowest BCUT2D eigenvalue weighted by Gasteiger charge is -2.53. The van der Waals surface area contributed by atoms with E-state index in [0.29, 0.717) is 24.3 Å². The van der Waals surface area contributed by atoms with Gasteiger partial charge in [-0.1, -0.05) is 36.5 Å². The molecule has 0 bridgehead atoms. The number of aliphatic hydroxyl groups is 1. The van der Waals surface area contributed by atoms with Crippen molar-refractivity contribution < 1.29 is 14.6 Å². The summed E-state index contributed by atoms with van der Waals surface area (Å²) in [6.45, 7) is 13.4. The summed E-state index contributed by atoms with van der Waals surface area (Å²) in [5.41, 5.74) is 5.52. The number of carbonyl (C=O) groups excluding carboxylic acids is 1. The molecule has 3 fully saturated rings. The lowest BCUT2D eigenvalue weighted by Crippen LogP contribution is -2.51. The zero-order chi connectivity index (χ0) is 27.6. The highest BCUT2D eigenvalue weighted by atomic mass is 16.5. The maximum absolute atomic E-state index is 12.4. The maximum atomic E-state index is 12.4. The molecule has 0 spiro atoms. The van der Waals surface area contributed by atoms with Gasteiger partial charge in [-0.25, -0.2) is 0 Å². The van der Waals surface area contributed by atoms with E-state index in [-0.39, 0.29) is 22.5 Å². The number of benzene rings is 1. The van der Waals surface area contributed by atoms with Gasteiger partial charge in [0.25, 0.3) is 0 Å². The number of ketones is 1. The first kappa shape index (κ1) is 26.9. The Morgan fingerprint density at radius 3 is 2.59 bits per heavy atom. The van der Waals surface area contributed by atoms with Crippen molar-refractivity contribution in [1.29, 1.82) is 0 Å². The van der Waals surface area contributed by atoms with Crippen molar-refractivity contribution in [2.75, 3.05) is 24.7 Å². The van der Waals surface area contributed by atoms with E-state index in [2.05, 4.69) is 75.6 Å². The van der Waals surface area contributed by atoms with Crippen molar-refractivity contribution in [2.24, 2.45) is 22.7 Å². The van der Waals surface area contributed by atoms with Crippen LogP contribution in [0, 0.1) is 34.5 Å².